The van der Waals surface area contributed by atoms with Gasteiger partial charge in [-0.15, -0.1) is 0 Å². The van der Waals surface area contributed by atoms with Crippen LogP contribution in [-0.2, 0) is 11.3 Å². The number of nitrogens with zero attached hydrogens (tertiary/aromatic N) is 1. The second-order valence-corrected chi connectivity index (χ2v) is 4.43. The molecule has 4 nitrogen and oxygen atoms in total. The molecular weight excluding hydrogens is 216 g/mol. The average molecular weight is 236 g/mol. The topological polar surface area (TPSA) is 43.4 Å². The molecule has 1 aliphatic heterocycles. The van der Waals surface area contributed by atoms with Crippen molar-refractivity contribution in [3.63, 3.8) is 0 Å². The zero-order valence-electron chi connectivity index (χ0n) is 10.5. The van der Waals surface area contributed by atoms with Crippen molar-refractivity contribution >= 4 is 0 Å². The van der Waals surface area contributed by atoms with E-state index in [1.54, 1.807) is 13.3 Å². The lowest BCUT2D eigenvalue weighted by Gasteiger charge is -2.20. The highest BCUT2D eigenvalue weighted by molar-refractivity contribution is 5.20. The van der Waals surface area contributed by atoms with E-state index < -0.39 is 0 Å². The van der Waals surface area contributed by atoms with Gasteiger partial charge in [-0.25, -0.2) is 4.98 Å². The predicted molar refractivity (Wildman–Crippen MR) is 66.1 cm³/mol. The van der Waals surface area contributed by atoms with Gasteiger partial charge < -0.3 is 14.8 Å². The summed E-state index contributed by atoms with van der Waals surface area (Å²) in [5.74, 6) is 0.661. The Morgan fingerprint density at radius 1 is 1.65 bits per heavy atom. The summed E-state index contributed by atoms with van der Waals surface area (Å²) in [6.07, 6.45) is 4.47. The molecule has 0 unspecified atom stereocenters. The summed E-state index contributed by atoms with van der Waals surface area (Å²) in [5.41, 5.74) is 1.18. The summed E-state index contributed by atoms with van der Waals surface area (Å²) in [6.45, 7) is 3.90. The van der Waals surface area contributed by atoms with Gasteiger partial charge in [-0.05, 0) is 31.4 Å². The lowest BCUT2D eigenvalue weighted by Crippen LogP contribution is -2.36. The molecule has 2 rings (SSSR count). The standard InChI is InChI=1S/C13H20N2O2/c1-10(12-4-3-7-17-12)15-9-11-5-6-14-13(8-11)16-2/h5-6,8,10,12,15H,3-4,7,9H2,1-2H3/t10-,12+/m0/s1. The van der Waals surface area contributed by atoms with Crippen molar-refractivity contribution in [1.82, 2.24) is 10.3 Å². The fourth-order valence-electron chi connectivity index (χ4n) is 2.08. The largest absolute Gasteiger partial charge is 0.481 e. The molecule has 1 saturated heterocycles. The first kappa shape index (κ1) is 12.3. The van der Waals surface area contributed by atoms with Crippen molar-refractivity contribution in [1.29, 1.82) is 0 Å². The normalized spacial score (nSPS) is 21.4. The van der Waals surface area contributed by atoms with Gasteiger partial charge in [0.25, 0.3) is 0 Å². The molecule has 17 heavy (non-hydrogen) atoms. The van der Waals surface area contributed by atoms with Crippen LogP contribution in [-0.4, -0.2) is 30.8 Å². The highest BCUT2D eigenvalue weighted by atomic mass is 16.5. The molecule has 0 aromatic carbocycles. The highest BCUT2D eigenvalue weighted by Gasteiger charge is 2.21. The molecule has 2 atom stereocenters. The number of ether oxygens (including phenoxy) is 2. The number of hydrogen-bond acceptors (Lipinski definition) is 4. The van der Waals surface area contributed by atoms with Crippen molar-refractivity contribution in [2.75, 3.05) is 13.7 Å². The van der Waals surface area contributed by atoms with Gasteiger partial charge >= 0.3 is 0 Å². The monoisotopic (exact) mass is 236 g/mol. The smallest absolute Gasteiger partial charge is 0.213 e. The SMILES string of the molecule is COc1cc(CN[C@@H](C)[C@H]2CCCO2)ccn1. The van der Waals surface area contributed by atoms with Gasteiger partial charge in [0.15, 0.2) is 0 Å². The Kier molecular flexibility index (Phi) is 4.34. The average Bonchev–Trinajstić information content (AvgIpc) is 2.90. The van der Waals surface area contributed by atoms with E-state index in [1.165, 1.54) is 12.0 Å². The second kappa shape index (κ2) is 5.98. The van der Waals surface area contributed by atoms with Crippen LogP contribution in [0.3, 0.4) is 0 Å². The van der Waals surface area contributed by atoms with Gasteiger partial charge in [0.05, 0.1) is 13.2 Å². The maximum atomic E-state index is 5.65. The van der Waals surface area contributed by atoms with E-state index >= 15 is 0 Å². The molecular formula is C13H20N2O2. The Morgan fingerprint density at radius 3 is 3.24 bits per heavy atom. The summed E-state index contributed by atoms with van der Waals surface area (Å²) in [5, 5.41) is 3.48. The van der Waals surface area contributed by atoms with Crippen LogP contribution in [0.4, 0.5) is 0 Å². The number of aromatic nitrogens is 1. The molecule has 1 aromatic heterocycles. The molecule has 0 radical (unpaired) electrons. The molecule has 2 heterocycles. The van der Waals surface area contributed by atoms with E-state index in [4.69, 9.17) is 9.47 Å². The first-order valence-corrected chi connectivity index (χ1v) is 6.13. The van der Waals surface area contributed by atoms with Gasteiger partial charge in [-0.1, -0.05) is 0 Å². The molecule has 4 heteroatoms. The number of hydrogen-bond donors (Lipinski definition) is 1. The molecule has 0 amide bonds. The van der Waals surface area contributed by atoms with Crippen LogP contribution in [0.25, 0.3) is 0 Å². The third-order valence-corrected chi connectivity index (χ3v) is 3.16. The summed E-state index contributed by atoms with van der Waals surface area (Å²) in [7, 11) is 1.63. The first-order chi connectivity index (χ1) is 8.29. The van der Waals surface area contributed by atoms with E-state index in [0.29, 0.717) is 18.0 Å². The Balaban J connectivity index is 1.83. The van der Waals surface area contributed by atoms with Crippen molar-refractivity contribution in [3.8, 4) is 5.88 Å². The Labute approximate surface area is 102 Å². The van der Waals surface area contributed by atoms with Gasteiger partial charge in [0.1, 0.15) is 0 Å². The molecule has 0 bridgehead atoms. The molecule has 0 aliphatic carbocycles. The maximum Gasteiger partial charge on any atom is 0.213 e. The predicted octanol–water partition coefficient (Wildman–Crippen LogP) is 1.75. The van der Waals surface area contributed by atoms with Crippen LogP contribution < -0.4 is 10.1 Å². The van der Waals surface area contributed by atoms with Gasteiger partial charge in [0, 0.05) is 31.5 Å². The summed E-state index contributed by atoms with van der Waals surface area (Å²) >= 11 is 0. The van der Waals surface area contributed by atoms with Crippen LogP contribution in [0.1, 0.15) is 25.3 Å². The Morgan fingerprint density at radius 2 is 2.53 bits per heavy atom. The third-order valence-electron chi connectivity index (χ3n) is 3.16. The van der Waals surface area contributed by atoms with E-state index in [2.05, 4.69) is 17.2 Å². The quantitative estimate of drug-likeness (QED) is 0.846. The number of pyridine rings is 1. The van der Waals surface area contributed by atoms with Crippen molar-refractivity contribution < 1.29 is 9.47 Å². The molecule has 94 valence electrons. The van der Waals surface area contributed by atoms with Crippen molar-refractivity contribution in [2.45, 2.75) is 38.5 Å². The zero-order chi connectivity index (χ0) is 12.1. The fourth-order valence-corrected chi connectivity index (χ4v) is 2.08. The molecule has 1 N–H and O–H groups in total. The number of nitrogens with one attached hydrogen (secondary N) is 1. The molecule has 0 saturated carbocycles. The van der Waals surface area contributed by atoms with Gasteiger partial charge in [-0.3, -0.25) is 0 Å². The number of rotatable bonds is 5. The molecule has 1 aliphatic rings. The summed E-state index contributed by atoms with van der Waals surface area (Å²) in [4.78, 5) is 4.09. The molecule has 1 aromatic rings. The lowest BCUT2D eigenvalue weighted by molar-refractivity contribution is 0.0832. The van der Waals surface area contributed by atoms with E-state index in [-0.39, 0.29) is 0 Å². The molecule has 1 fully saturated rings. The van der Waals surface area contributed by atoms with E-state index in [0.717, 1.165) is 19.6 Å². The van der Waals surface area contributed by atoms with Crippen molar-refractivity contribution in [3.05, 3.63) is 23.9 Å². The zero-order valence-corrected chi connectivity index (χ0v) is 10.5. The first-order valence-electron chi connectivity index (χ1n) is 6.13. The fraction of sp³-hybridized carbons (Fsp3) is 0.615. The van der Waals surface area contributed by atoms with Crippen LogP contribution in [0, 0.1) is 0 Å². The van der Waals surface area contributed by atoms with E-state index in [9.17, 15) is 0 Å². The lowest BCUT2D eigenvalue weighted by atomic mass is 10.1. The van der Waals surface area contributed by atoms with E-state index in [1.807, 2.05) is 12.1 Å². The van der Waals surface area contributed by atoms with Crippen molar-refractivity contribution in [2.24, 2.45) is 0 Å². The Hall–Kier alpha value is -1.13. The minimum atomic E-state index is 0.360. The molecule has 0 spiro atoms. The third kappa shape index (κ3) is 3.41. The summed E-state index contributed by atoms with van der Waals surface area (Å²) < 4.78 is 10.7. The minimum Gasteiger partial charge on any atom is -0.481 e. The van der Waals surface area contributed by atoms with Crippen LogP contribution in [0.15, 0.2) is 18.3 Å². The van der Waals surface area contributed by atoms with Gasteiger partial charge in [-0.2, -0.15) is 0 Å². The highest BCUT2D eigenvalue weighted by Crippen LogP contribution is 2.16. The minimum absolute atomic E-state index is 0.360. The Bertz CT molecular complexity index is 351. The second-order valence-electron chi connectivity index (χ2n) is 4.43. The van der Waals surface area contributed by atoms with Gasteiger partial charge in [0.2, 0.25) is 5.88 Å². The summed E-state index contributed by atoms with van der Waals surface area (Å²) in [6, 6.07) is 4.34. The maximum absolute atomic E-state index is 5.65. The number of methoxy groups -OCH3 is 1. The van der Waals surface area contributed by atoms with Crippen LogP contribution in [0.5, 0.6) is 5.88 Å². The van der Waals surface area contributed by atoms with Crippen LogP contribution in [0.2, 0.25) is 0 Å². The van der Waals surface area contributed by atoms with Crippen LogP contribution >= 0.6 is 0 Å².